The number of urea groups is 1. The molecule has 1 aliphatic heterocycles. The second kappa shape index (κ2) is 4.10. The average molecular weight is 243 g/mol. The number of anilines is 1. The molecule has 90 valence electrons. The van der Waals surface area contributed by atoms with E-state index in [0.717, 1.165) is 11.1 Å². The Morgan fingerprint density at radius 1 is 1.28 bits per heavy atom. The fourth-order valence-corrected chi connectivity index (χ4v) is 2.07. The molecule has 2 aromatic rings. The molecule has 1 aromatic heterocycles. The molecule has 0 bridgehead atoms. The number of amides is 2. The molecule has 1 atom stereocenters. The zero-order valence-electron chi connectivity index (χ0n) is 9.35. The van der Waals surface area contributed by atoms with Gasteiger partial charge in [0.1, 0.15) is 5.82 Å². The Kier molecular flexibility index (Phi) is 2.44. The van der Waals surface area contributed by atoms with Crippen molar-refractivity contribution in [1.82, 2.24) is 10.3 Å². The summed E-state index contributed by atoms with van der Waals surface area (Å²) in [6.07, 6.45) is 3.35. The largest absolute Gasteiger partial charge is 0.327 e. The van der Waals surface area contributed by atoms with Crippen LogP contribution in [0, 0.1) is 5.82 Å². The summed E-state index contributed by atoms with van der Waals surface area (Å²) in [6.45, 7) is 0. The number of nitrogens with zero attached hydrogens (tertiary/aromatic N) is 1. The van der Waals surface area contributed by atoms with Crippen LogP contribution in [-0.4, -0.2) is 11.0 Å². The molecule has 1 aromatic carbocycles. The van der Waals surface area contributed by atoms with Crippen molar-refractivity contribution in [3.8, 4) is 0 Å². The van der Waals surface area contributed by atoms with E-state index in [1.807, 2.05) is 6.07 Å². The van der Waals surface area contributed by atoms with Crippen molar-refractivity contribution in [2.75, 3.05) is 5.32 Å². The highest BCUT2D eigenvalue weighted by Crippen LogP contribution is 2.31. The van der Waals surface area contributed by atoms with Crippen molar-refractivity contribution < 1.29 is 9.18 Å². The average Bonchev–Trinajstić information content (AvgIpc) is 2.38. The summed E-state index contributed by atoms with van der Waals surface area (Å²) >= 11 is 0. The fraction of sp³-hybridized carbons (Fsp3) is 0.0769. The van der Waals surface area contributed by atoms with E-state index in [0.29, 0.717) is 5.69 Å². The van der Waals surface area contributed by atoms with Crippen LogP contribution < -0.4 is 10.6 Å². The van der Waals surface area contributed by atoms with E-state index in [1.54, 1.807) is 24.5 Å². The first-order valence-corrected chi connectivity index (χ1v) is 5.51. The van der Waals surface area contributed by atoms with E-state index in [9.17, 15) is 9.18 Å². The van der Waals surface area contributed by atoms with Crippen molar-refractivity contribution in [1.29, 1.82) is 0 Å². The van der Waals surface area contributed by atoms with Gasteiger partial charge in [0.05, 0.1) is 11.7 Å². The van der Waals surface area contributed by atoms with Gasteiger partial charge in [-0.2, -0.15) is 0 Å². The summed E-state index contributed by atoms with van der Waals surface area (Å²) in [7, 11) is 0. The van der Waals surface area contributed by atoms with Gasteiger partial charge in [0, 0.05) is 18.0 Å². The lowest BCUT2D eigenvalue weighted by Gasteiger charge is -2.27. The normalized spacial score (nSPS) is 17.6. The van der Waals surface area contributed by atoms with E-state index in [2.05, 4.69) is 15.6 Å². The Morgan fingerprint density at radius 2 is 2.17 bits per heavy atom. The Hall–Kier alpha value is -2.43. The molecule has 0 aliphatic carbocycles. The zero-order valence-corrected chi connectivity index (χ0v) is 9.35. The van der Waals surface area contributed by atoms with E-state index in [4.69, 9.17) is 0 Å². The molecule has 1 aliphatic rings. The van der Waals surface area contributed by atoms with Gasteiger partial charge >= 0.3 is 6.03 Å². The SMILES string of the molecule is O=C1Nc2cc(F)ccc2C(c2cccnc2)N1. The van der Waals surface area contributed by atoms with Crippen LogP contribution >= 0.6 is 0 Å². The summed E-state index contributed by atoms with van der Waals surface area (Å²) in [5.41, 5.74) is 2.18. The maximum absolute atomic E-state index is 13.2. The third kappa shape index (κ3) is 1.79. The molecule has 4 nitrogen and oxygen atoms in total. The number of carbonyl (C=O) groups excluding carboxylic acids is 1. The molecule has 2 amide bonds. The van der Waals surface area contributed by atoms with Gasteiger partial charge in [0.15, 0.2) is 0 Å². The van der Waals surface area contributed by atoms with Gasteiger partial charge in [-0.3, -0.25) is 4.98 Å². The lowest BCUT2D eigenvalue weighted by molar-refractivity contribution is 0.249. The quantitative estimate of drug-likeness (QED) is 0.808. The molecule has 5 heteroatoms. The summed E-state index contributed by atoms with van der Waals surface area (Å²) < 4.78 is 13.2. The van der Waals surface area contributed by atoms with Gasteiger partial charge in [-0.15, -0.1) is 0 Å². The minimum absolute atomic E-state index is 0.303. The summed E-state index contributed by atoms with van der Waals surface area (Å²) in [6, 6.07) is 7.38. The Balaban J connectivity index is 2.10. The predicted molar refractivity (Wildman–Crippen MR) is 64.6 cm³/mol. The number of hydrogen-bond acceptors (Lipinski definition) is 2. The van der Waals surface area contributed by atoms with Crippen molar-refractivity contribution in [3.63, 3.8) is 0 Å². The van der Waals surface area contributed by atoms with Crippen LogP contribution in [0.25, 0.3) is 0 Å². The number of rotatable bonds is 1. The van der Waals surface area contributed by atoms with Gasteiger partial charge in [-0.1, -0.05) is 12.1 Å². The van der Waals surface area contributed by atoms with E-state index in [1.165, 1.54) is 12.1 Å². The predicted octanol–water partition coefficient (Wildman–Crippen LogP) is 2.45. The fourth-order valence-electron chi connectivity index (χ4n) is 2.07. The van der Waals surface area contributed by atoms with Crippen molar-refractivity contribution in [2.45, 2.75) is 6.04 Å². The lowest BCUT2D eigenvalue weighted by atomic mass is 9.97. The second-order valence-electron chi connectivity index (χ2n) is 4.05. The van der Waals surface area contributed by atoms with Crippen LogP contribution in [-0.2, 0) is 0 Å². The molecular weight excluding hydrogens is 233 g/mol. The number of aromatic nitrogens is 1. The third-order valence-electron chi connectivity index (χ3n) is 2.87. The molecule has 0 radical (unpaired) electrons. The smallest absolute Gasteiger partial charge is 0.320 e. The van der Waals surface area contributed by atoms with Gasteiger partial charge in [-0.25, -0.2) is 9.18 Å². The molecule has 0 saturated carbocycles. The highest BCUT2D eigenvalue weighted by atomic mass is 19.1. The number of halogens is 1. The van der Waals surface area contributed by atoms with E-state index < -0.39 is 0 Å². The standard InChI is InChI=1S/C13H10FN3O/c14-9-3-4-10-11(6-9)16-13(18)17-12(10)8-2-1-5-15-7-8/h1-7,12H,(H2,16,17,18). The maximum atomic E-state index is 13.2. The molecule has 2 heterocycles. The topological polar surface area (TPSA) is 54.0 Å². The number of pyridine rings is 1. The first-order valence-electron chi connectivity index (χ1n) is 5.51. The first kappa shape index (κ1) is 10.7. The molecule has 0 saturated heterocycles. The second-order valence-corrected chi connectivity index (χ2v) is 4.05. The van der Waals surface area contributed by atoms with Crippen molar-refractivity contribution in [2.24, 2.45) is 0 Å². The van der Waals surface area contributed by atoms with Gasteiger partial charge < -0.3 is 10.6 Å². The highest BCUT2D eigenvalue weighted by Gasteiger charge is 2.25. The van der Waals surface area contributed by atoms with Gasteiger partial charge in [0.25, 0.3) is 0 Å². The molecule has 1 unspecified atom stereocenters. The van der Waals surface area contributed by atoms with Crippen LogP contribution in [0.15, 0.2) is 42.7 Å². The third-order valence-corrected chi connectivity index (χ3v) is 2.87. The van der Waals surface area contributed by atoms with Crippen molar-refractivity contribution >= 4 is 11.7 Å². The van der Waals surface area contributed by atoms with Crippen LogP contribution in [0.2, 0.25) is 0 Å². The monoisotopic (exact) mass is 243 g/mol. The van der Waals surface area contributed by atoms with Crippen LogP contribution in [0.3, 0.4) is 0 Å². The van der Waals surface area contributed by atoms with Crippen LogP contribution in [0.4, 0.5) is 14.9 Å². The minimum atomic E-state index is -0.374. The van der Waals surface area contributed by atoms with Crippen LogP contribution in [0.5, 0.6) is 0 Å². The number of carbonyl (C=O) groups is 1. The molecule has 2 N–H and O–H groups in total. The summed E-state index contributed by atoms with van der Waals surface area (Å²) in [4.78, 5) is 15.6. The van der Waals surface area contributed by atoms with Gasteiger partial charge in [-0.05, 0) is 23.8 Å². The number of benzene rings is 1. The summed E-state index contributed by atoms with van der Waals surface area (Å²) in [5.74, 6) is -0.374. The van der Waals surface area contributed by atoms with E-state index >= 15 is 0 Å². The number of fused-ring (bicyclic) bond motifs is 1. The Bertz CT molecular complexity index is 600. The maximum Gasteiger partial charge on any atom is 0.320 e. The molecule has 0 spiro atoms. The molecule has 3 rings (SSSR count). The Labute approximate surface area is 103 Å². The molecular formula is C13H10FN3O. The summed E-state index contributed by atoms with van der Waals surface area (Å²) in [5, 5.41) is 5.39. The number of nitrogens with one attached hydrogen (secondary N) is 2. The van der Waals surface area contributed by atoms with Crippen LogP contribution in [0.1, 0.15) is 17.2 Å². The van der Waals surface area contributed by atoms with Gasteiger partial charge in [0.2, 0.25) is 0 Å². The number of hydrogen-bond donors (Lipinski definition) is 2. The molecule has 0 fully saturated rings. The zero-order chi connectivity index (χ0) is 12.5. The first-order chi connectivity index (χ1) is 8.74. The highest BCUT2D eigenvalue weighted by molar-refractivity contribution is 5.93. The van der Waals surface area contributed by atoms with E-state index in [-0.39, 0.29) is 17.9 Å². The Morgan fingerprint density at radius 3 is 2.94 bits per heavy atom. The minimum Gasteiger partial charge on any atom is -0.327 e. The lowest BCUT2D eigenvalue weighted by Crippen LogP contribution is -2.38. The molecule has 18 heavy (non-hydrogen) atoms. The van der Waals surface area contributed by atoms with Crippen molar-refractivity contribution in [3.05, 3.63) is 59.7 Å².